The van der Waals surface area contributed by atoms with E-state index in [2.05, 4.69) is 65.1 Å². The molecule has 2 aromatic carbocycles. The van der Waals surface area contributed by atoms with Gasteiger partial charge in [0.1, 0.15) is 0 Å². The molecule has 0 saturated heterocycles. The summed E-state index contributed by atoms with van der Waals surface area (Å²) in [5.41, 5.74) is 2.50. The Morgan fingerprint density at radius 1 is 0.769 bits per heavy atom. The van der Waals surface area contributed by atoms with Crippen LogP contribution in [0.1, 0.15) is 0 Å². The van der Waals surface area contributed by atoms with E-state index in [0.29, 0.717) is 0 Å². The minimum atomic E-state index is 1.25. The van der Waals surface area contributed by atoms with Crippen molar-refractivity contribution in [2.24, 2.45) is 0 Å². The number of hydrogen-bond acceptors (Lipinski definition) is 0. The molecule has 0 aromatic heterocycles. The lowest BCUT2D eigenvalue weighted by molar-refractivity contribution is 1.59. The Balaban J connectivity index is 2.42. The second-order valence-corrected chi connectivity index (χ2v) is 4.04. The molecule has 1 heteroatoms. The quantitative estimate of drug-likeness (QED) is 0.697. The van der Waals surface area contributed by atoms with E-state index in [9.17, 15) is 0 Å². The maximum absolute atomic E-state index is 3.01. The van der Waals surface area contributed by atoms with E-state index in [4.69, 9.17) is 0 Å². The molecule has 0 fully saturated rings. The molecule has 0 aliphatic carbocycles. The molecule has 0 aliphatic heterocycles. The summed E-state index contributed by atoms with van der Waals surface area (Å²) in [6, 6.07) is 19.5. The molecule has 0 nitrogen and oxygen atoms in total. The highest BCUT2D eigenvalue weighted by Crippen LogP contribution is 2.19. The van der Waals surface area contributed by atoms with E-state index < -0.39 is 0 Å². The number of rotatable bonds is 1. The third-order valence-electron chi connectivity index (χ3n) is 1.90. The van der Waals surface area contributed by atoms with Gasteiger partial charge in [-0.1, -0.05) is 36.4 Å². The van der Waals surface area contributed by atoms with Crippen LogP contribution in [0.15, 0.2) is 48.5 Å². The first kappa shape index (κ1) is 8.75. The number of halogens is 1. The van der Waals surface area contributed by atoms with Gasteiger partial charge in [0.15, 0.2) is 0 Å². The van der Waals surface area contributed by atoms with Crippen LogP contribution in [0.2, 0.25) is 0 Å². The Bertz CT molecular complexity index is 376. The smallest absolute Gasteiger partial charge is 0.0130 e. The first-order chi connectivity index (χ1) is 6.36. The third-order valence-corrected chi connectivity index (χ3v) is 2.61. The van der Waals surface area contributed by atoms with E-state index in [1.54, 1.807) is 0 Å². The molecule has 63 valence electrons. The Morgan fingerprint density at radius 3 is 1.92 bits per heavy atom. The SMILES string of the molecule is Ic1ccc(-c2cc[c]cc2)cc1. The van der Waals surface area contributed by atoms with Crippen LogP contribution in [0.5, 0.6) is 0 Å². The lowest BCUT2D eigenvalue weighted by Gasteiger charge is -2.00. The van der Waals surface area contributed by atoms with E-state index in [0.717, 1.165) is 0 Å². The van der Waals surface area contributed by atoms with Crippen LogP contribution in [0.3, 0.4) is 0 Å². The van der Waals surface area contributed by atoms with Crippen molar-refractivity contribution in [3.63, 3.8) is 0 Å². The fraction of sp³-hybridized carbons (Fsp3) is 0. The van der Waals surface area contributed by atoms with Crippen LogP contribution in [-0.2, 0) is 0 Å². The summed E-state index contributed by atoms with van der Waals surface area (Å²) in [5.74, 6) is 0. The topological polar surface area (TPSA) is 0 Å². The Kier molecular flexibility index (Phi) is 2.64. The summed E-state index contributed by atoms with van der Waals surface area (Å²) in [7, 11) is 0. The average Bonchev–Trinajstić information content (AvgIpc) is 2.20. The fourth-order valence-corrected chi connectivity index (χ4v) is 1.58. The van der Waals surface area contributed by atoms with Gasteiger partial charge in [-0.25, -0.2) is 0 Å². The predicted molar refractivity (Wildman–Crippen MR) is 63.4 cm³/mol. The summed E-state index contributed by atoms with van der Waals surface area (Å²) in [5, 5.41) is 0. The van der Waals surface area contributed by atoms with Gasteiger partial charge in [0.25, 0.3) is 0 Å². The second-order valence-electron chi connectivity index (χ2n) is 2.80. The van der Waals surface area contributed by atoms with Crippen molar-refractivity contribution in [1.82, 2.24) is 0 Å². The molecule has 0 N–H and O–H groups in total. The lowest BCUT2D eigenvalue weighted by Crippen LogP contribution is -1.76. The van der Waals surface area contributed by atoms with Crippen LogP contribution >= 0.6 is 22.6 Å². The van der Waals surface area contributed by atoms with Crippen LogP contribution in [-0.4, -0.2) is 0 Å². The zero-order chi connectivity index (χ0) is 9.10. The Labute approximate surface area is 91.8 Å². The van der Waals surface area contributed by atoms with Crippen molar-refractivity contribution in [2.75, 3.05) is 0 Å². The first-order valence-electron chi connectivity index (χ1n) is 4.08. The van der Waals surface area contributed by atoms with Crippen molar-refractivity contribution in [2.45, 2.75) is 0 Å². The number of hydrogen-bond donors (Lipinski definition) is 0. The van der Waals surface area contributed by atoms with Gasteiger partial charge in [-0.05, 0) is 51.9 Å². The zero-order valence-electron chi connectivity index (χ0n) is 7.00. The van der Waals surface area contributed by atoms with Crippen LogP contribution < -0.4 is 0 Å². The average molecular weight is 279 g/mol. The lowest BCUT2D eigenvalue weighted by atomic mass is 10.1. The van der Waals surface area contributed by atoms with E-state index >= 15 is 0 Å². The van der Waals surface area contributed by atoms with Gasteiger partial charge in [-0.15, -0.1) is 0 Å². The highest BCUT2D eigenvalue weighted by atomic mass is 127. The third kappa shape index (κ3) is 2.10. The van der Waals surface area contributed by atoms with Crippen molar-refractivity contribution in [1.29, 1.82) is 0 Å². The fourth-order valence-electron chi connectivity index (χ4n) is 1.22. The van der Waals surface area contributed by atoms with Gasteiger partial charge in [0, 0.05) is 3.57 Å². The van der Waals surface area contributed by atoms with Crippen LogP contribution in [0, 0.1) is 9.64 Å². The molecule has 0 aliphatic rings. The summed E-state index contributed by atoms with van der Waals surface area (Å²) < 4.78 is 1.27. The maximum atomic E-state index is 3.01. The largest absolute Gasteiger partial charge is 0.0538 e. The normalized spacial score (nSPS) is 9.92. The zero-order valence-corrected chi connectivity index (χ0v) is 9.15. The summed E-state index contributed by atoms with van der Waals surface area (Å²) in [6.45, 7) is 0. The minimum Gasteiger partial charge on any atom is -0.0538 e. The number of benzene rings is 2. The molecule has 0 saturated carbocycles. The predicted octanol–water partition coefficient (Wildman–Crippen LogP) is 3.76. The molecule has 0 heterocycles. The minimum absolute atomic E-state index is 1.25. The second kappa shape index (κ2) is 3.92. The summed E-state index contributed by atoms with van der Waals surface area (Å²) in [4.78, 5) is 0. The van der Waals surface area contributed by atoms with E-state index in [1.165, 1.54) is 14.7 Å². The van der Waals surface area contributed by atoms with Gasteiger partial charge in [-0.3, -0.25) is 0 Å². The van der Waals surface area contributed by atoms with Crippen molar-refractivity contribution in [3.05, 3.63) is 58.2 Å². The van der Waals surface area contributed by atoms with Crippen molar-refractivity contribution in [3.8, 4) is 11.1 Å². The van der Waals surface area contributed by atoms with Gasteiger partial charge in [0.05, 0.1) is 0 Å². The van der Waals surface area contributed by atoms with E-state index in [1.807, 2.05) is 12.1 Å². The molecule has 0 unspecified atom stereocenters. The van der Waals surface area contributed by atoms with Gasteiger partial charge < -0.3 is 0 Å². The van der Waals surface area contributed by atoms with Crippen molar-refractivity contribution < 1.29 is 0 Å². The van der Waals surface area contributed by atoms with Crippen molar-refractivity contribution >= 4 is 22.6 Å². The molecule has 2 aromatic rings. The molecule has 0 bridgehead atoms. The van der Waals surface area contributed by atoms with Gasteiger partial charge >= 0.3 is 0 Å². The van der Waals surface area contributed by atoms with Crippen LogP contribution in [0.25, 0.3) is 11.1 Å². The Morgan fingerprint density at radius 2 is 1.31 bits per heavy atom. The van der Waals surface area contributed by atoms with Gasteiger partial charge in [-0.2, -0.15) is 0 Å². The Hall–Kier alpha value is -0.830. The molecule has 2 rings (SSSR count). The standard InChI is InChI=1S/C12H8I/c13-12-8-6-11(7-9-12)10-4-2-1-3-5-10/h2-9H. The summed E-state index contributed by atoms with van der Waals surface area (Å²) >= 11 is 2.31. The summed E-state index contributed by atoms with van der Waals surface area (Å²) in [6.07, 6.45) is 0. The first-order valence-corrected chi connectivity index (χ1v) is 5.16. The maximum Gasteiger partial charge on any atom is 0.0130 e. The molecular formula is C12H8I. The molecule has 13 heavy (non-hydrogen) atoms. The highest BCUT2D eigenvalue weighted by Gasteiger charge is 1.94. The molecule has 0 spiro atoms. The molecule has 0 atom stereocenters. The van der Waals surface area contributed by atoms with Gasteiger partial charge in [0.2, 0.25) is 0 Å². The molecule has 1 radical (unpaired) electrons. The molecular weight excluding hydrogens is 271 g/mol. The monoisotopic (exact) mass is 279 g/mol. The van der Waals surface area contributed by atoms with Crippen LogP contribution in [0.4, 0.5) is 0 Å². The highest BCUT2D eigenvalue weighted by molar-refractivity contribution is 14.1. The van der Waals surface area contributed by atoms with E-state index in [-0.39, 0.29) is 0 Å². The molecule has 0 amide bonds.